The second kappa shape index (κ2) is 8.05. The van der Waals surface area contributed by atoms with Crippen LogP contribution in [-0.2, 0) is 5.60 Å². The van der Waals surface area contributed by atoms with Crippen molar-refractivity contribution in [1.82, 2.24) is 0 Å². The van der Waals surface area contributed by atoms with E-state index in [1.54, 1.807) is 12.1 Å². The van der Waals surface area contributed by atoms with Gasteiger partial charge in [0.25, 0.3) is 11.5 Å². The summed E-state index contributed by atoms with van der Waals surface area (Å²) in [5.41, 5.74) is -6.35. The number of aliphatic hydroxyl groups is 1. The van der Waals surface area contributed by atoms with E-state index in [1.165, 1.54) is 30.3 Å². The Morgan fingerprint density at radius 1 is 0.686 bits per heavy atom. The summed E-state index contributed by atoms with van der Waals surface area (Å²) in [6.45, 7) is 0. The summed E-state index contributed by atoms with van der Waals surface area (Å²) >= 11 is 0. The van der Waals surface area contributed by atoms with E-state index >= 15 is 0 Å². The summed E-state index contributed by atoms with van der Waals surface area (Å²) in [6.07, 6.45) is -12.1. The number of halogens is 6. The predicted octanol–water partition coefficient (Wildman–Crippen LogP) is 5.03. The molecule has 5 nitrogen and oxygen atoms in total. The third-order valence-corrected chi connectivity index (χ3v) is 5.57. The van der Waals surface area contributed by atoms with Crippen LogP contribution in [-0.4, -0.2) is 34.9 Å². The van der Waals surface area contributed by atoms with E-state index in [0.717, 1.165) is 12.1 Å². The minimum atomic E-state index is -6.04. The van der Waals surface area contributed by atoms with Crippen molar-refractivity contribution in [3.05, 3.63) is 100 Å². The molecule has 0 aromatic heterocycles. The number of rotatable bonds is 3. The Morgan fingerprint density at radius 3 is 1.69 bits per heavy atom. The molecule has 1 amide bonds. The molecule has 0 radical (unpaired) electrons. The van der Waals surface area contributed by atoms with Gasteiger partial charge < -0.3 is 10.4 Å². The molecule has 3 aromatic carbocycles. The SMILES string of the molecule is O=C(Nc1ccc(C(O)(C(F)(F)F)C(F)(F)F)cc1)c1ccc2c(c1)C(=O)c1ccccc1C2=O. The van der Waals surface area contributed by atoms with Crippen LogP contribution in [0.15, 0.2) is 66.7 Å². The Hall–Kier alpha value is -3.99. The predicted molar refractivity (Wildman–Crippen MR) is 110 cm³/mol. The van der Waals surface area contributed by atoms with Gasteiger partial charge in [0.05, 0.1) is 0 Å². The van der Waals surface area contributed by atoms with Crippen LogP contribution in [0.2, 0.25) is 0 Å². The van der Waals surface area contributed by atoms with Crippen LogP contribution < -0.4 is 5.32 Å². The molecule has 180 valence electrons. The van der Waals surface area contributed by atoms with E-state index in [4.69, 9.17) is 0 Å². The van der Waals surface area contributed by atoms with Crippen molar-refractivity contribution in [3.63, 3.8) is 0 Å². The first-order valence-electron chi connectivity index (χ1n) is 9.86. The van der Waals surface area contributed by atoms with Gasteiger partial charge in [0, 0.05) is 39.1 Å². The molecule has 0 atom stereocenters. The summed E-state index contributed by atoms with van der Waals surface area (Å²) in [5, 5.41) is 11.7. The quantitative estimate of drug-likeness (QED) is 0.393. The minimum absolute atomic E-state index is 0.0166. The number of anilines is 1. The molecule has 0 aliphatic heterocycles. The van der Waals surface area contributed by atoms with Crippen molar-refractivity contribution in [1.29, 1.82) is 0 Å². The maximum absolute atomic E-state index is 13.0. The molecule has 35 heavy (non-hydrogen) atoms. The van der Waals surface area contributed by atoms with Gasteiger partial charge in [-0.05, 0) is 30.3 Å². The molecule has 0 bridgehead atoms. The van der Waals surface area contributed by atoms with Crippen LogP contribution >= 0.6 is 0 Å². The number of alkyl halides is 6. The van der Waals surface area contributed by atoms with E-state index in [1.807, 2.05) is 0 Å². The summed E-state index contributed by atoms with van der Waals surface area (Å²) in [6, 6.07) is 12.2. The smallest absolute Gasteiger partial charge is 0.369 e. The largest absolute Gasteiger partial charge is 0.430 e. The molecule has 0 saturated carbocycles. The summed E-state index contributed by atoms with van der Waals surface area (Å²) in [5.74, 6) is -1.71. The average molecular weight is 493 g/mol. The van der Waals surface area contributed by atoms with E-state index in [2.05, 4.69) is 5.32 Å². The maximum atomic E-state index is 13.0. The summed E-state index contributed by atoms with van der Waals surface area (Å²) < 4.78 is 78.1. The Bertz CT molecular complexity index is 1350. The van der Waals surface area contributed by atoms with Crippen molar-refractivity contribution >= 4 is 23.2 Å². The van der Waals surface area contributed by atoms with E-state index < -0.39 is 41.0 Å². The first kappa shape index (κ1) is 24.1. The standard InChI is InChI=1S/C24H13F6NO4/c25-23(26,27)22(35,24(28,29)30)13-6-8-14(9-7-13)31-21(34)12-5-10-17-18(11-12)20(33)16-4-2-1-3-15(16)19(17)32/h1-11,35H,(H,31,34). The first-order valence-corrected chi connectivity index (χ1v) is 9.86. The molecule has 0 heterocycles. The maximum Gasteiger partial charge on any atom is 0.430 e. The lowest BCUT2D eigenvalue weighted by Crippen LogP contribution is -2.53. The fourth-order valence-corrected chi connectivity index (χ4v) is 3.73. The number of benzene rings is 3. The van der Waals surface area contributed by atoms with Gasteiger partial charge in [0.2, 0.25) is 0 Å². The van der Waals surface area contributed by atoms with Gasteiger partial charge in [0.1, 0.15) is 0 Å². The highest BCUT2D eigenvalue weighted by Crippen LogP contribution is 2.50. The zero-order chi connectivity index (χ0) is 25.8. The Morgan fingerprint density at radius 2 is 1.17 bits per heavy atom. The van der Waals surface area contributed by atoms with Gasteiger partial charge in [-0.15, -0.1) is 0 Å². The number of hydrogen-bond donors (Lipinski definition) is 2. The fourth-order valence-electron chi connectivity index (χ4n) is 3.73. The number of amides is 1. The topological polar surface area (TPSA) is 83.5 Å². The minimum Gasteiger partial charge on any atom is -0.369 e. The van der Waals surface area contributed by atoms with Gasteiger partial charge in [-0.25, -0.2) is 0 Å². The molecular formula is C24H13F6NO4. The second-order valence-corrected chi connectivity index (χ2v) is 7.70. The highest BCUT2D eigenvalue weighted by Gasteiger charge is 2.71. The highest BCUT2D eigenvalue weighted by molar-refractivity contribution is 6.28. The van der Waals surface area contributed by atoms with Crippen molar-refractivity contribution < 1.29 is 45.8 Å². The van der Waals surface area contributed by atoms with Gasteiger partial charge >= 0.3 is 12.4 Å². The first-order chi connectivity index (χ1) is 16.3. The van der Waals surface area contributed by atoms with E-state index in [0.29, 0.717) is 12.1 Å². The molecule has 0 spiro atoms. The number of ketones is 2. The van der Waals surface area contributed by atoms with Crippen molar-refractivity contribution in [2.24, 2.45) is 0 Å². The number of carbonyl (C=O) groups is 3. The number of hydrogen-bond acceptors (Lipinski definition) is 4. The molecule has 1 aliphatic rings. The van der Waals surface area contributed by atoms with Gasteiger partial charge in [-0.1, -0.05) is 36.4 Å². The lowest BCUT2D eigenvalue weighted by molar-refractivity contribution is -0.376. The van der Waals surface area contributed by atoms with Gasteiger partial charge in [0.15, 0.2) is 11.6 Å². The zero-order valence-electron chi connectivity index (χ0n) is 17.3. The summed E-state index contributed by atoms with van der Waals surface area (Å²) in [7, 11) is 0. The Kier molecular flexibility index (Phi) is 5.55. The van der Waals surface area contributed by atoms with Crippen LogP contribution in [0.25, 0.3) is 0 Å². The molecule has 3 aromatic rings. The third kappa shape index (κ3) is 3.87. The number of fused-ring (bicyclic) bond motifs is 2. The van der Waals surface area contributed by atoms with Gasteiger partial charge in [-0.3, -0.25) is 14.4 Å². The highest BCUT2D eigenvalue weighted by atomic mass is 19.4. The molecule has 1 aliphatic carbocycles. The third-order valence-electron chi connectivity index (χ3n) is 5.57. The molecule has 4 rings (SSSR count). The molecule has 0 saturated heterocycles. The monoisotopic (exact) mass is 493 g/mol. The van der Waals surface area contributed by atoms with Crippen molar-refractivity contribution in [2.45, 2.75) is 18.0 Å². The van der Waals surface area contributed by atoms with Crippen LogP contribution in [0, 0.1) is 0 Å². The van der Waals surface area contributed by atoms with E-state index in [9.17, 15) is 45.8 Å². The Labute approximate surface area is 193 Å². The molecule has 11 heteroatoms. The molecule has 0 fully saturated rings. The number of nitrogens with one attached hydrogen (secondary N) is 1. The summed E-state index contributed by atoms with van der Waals surface area (Å²) in [4.78, 5) is 38.1. The zero-order valence-corrected chi connectivity index (χ0v) is 17.3. The van der Waals surface area contributed by atoms with Crippen molar-refractivity contribution in [3.8, 4) is 0 Å². The van der Waals surface area contributed by atoms with Crippen LogP contribution in [0.4, 0.5) is 32.0 Å². The number of carbonyl (C=O) groups excluding carboxylic acids is 3. The van der Waals surface area contributed by atoms with Crippen molar-refractivity contribution in [2.75, 3.05) is 5.32 Å². The van der Waals surface area contributed by atoms with Crippen LogP contribution in [0.3, 0.4) is 0 Å². The molecule has 2 N–H and O–H groups in total. The van der Waals surface area contributed by atoms with Gasteiger partial charge in [-0.2, -0.15) is 26.3 Å². The normalized spacial score (nSPS) is 13.8. The van der Waals surface area contributed by atoms with E-state index in [-0.39, 0.29) is 33.5 Å². The molecule has 0 unspecified atom stereocenters. The fraction of sp³-hybridized carbons (Fsp3) is 0.125. The lowest BCUT2D eigenvalue weighted by atomic mass is 9.83. The van der Waals surface area contributed by atoms with Crippen LogP contribution in [0.1, 0.15) is 47.8 Å². The lowest BCUT2D eigenvalue weighted by Gasteiger charge is -2.32. The Balaban J connectivity index is 1.60. The van der Waals surface area contributed by atoms with Crippen LogP contribution in [0.5, 0.6) is 0 Å². The molecular weight excluding hydrogens is 480 g/mol. The second-order valence-electron chi connectivity index (χ2n) is 7.70. The average Bonchev–Trinajstić information content (AvgIpc) is 2.80.